The minimum atomic E-state index is -0.408. The molecule has 132 valence electrons. The summed E-state index contributed by atoms with van der Waals surface area (Å²) < 4.78 is 0.800. The molecule has 8 heteroatoms. The highest BCUT2D eigenvalue weighted by atomic mass is 35.5. The van der Waals surface area contributed by atoms with Crippen LogP contribution in [0.3, 0.4) is 0 Å². The average Bonchev–Trinajstić information content (AvgIpc) is 3.00. The van der Waals surface area contributed by atoms with E-state index in [2.05, 4.69) is 6.07 Å². The molecule has 2 heterocycles. The van der Waals surface area contributed by atoms with E-state index in [9.17, 15) is 14.9 Å². The van der Waals surface area contributed by atoms with Gasteiger partial charge in [-0.1, -0.05) is 11.6 Å². The van der Waals surface area contributed by atoms with Gasteiger partial charge in [0.15, 0.2) is 5.78 Å². The van der Waals surface area contributed by atoms with Crippen molar-refractivity contribution in [3.8, 4) is 0 Å². The van der Waals surface area contributed by atoms with Crippen LogP contribution in [0.2, 0.25) is 4.34 Å². The van der Waals surface area contributed by atoms with Gasteiger partial charge in [0.1, 0.15) is 12.2 Å². The number of hydrogen-bond donors (Lipinski definition) is 1. The summed E-state index contributed by atoms with van der Waals surface area (Å²) in [5.41, 5.74) is 0.962. The standard InChI is InChI=1S/C17H18ClN3O3S/c1-12(22)13-2-4-15(16(10-13)21(23)24)20-8-6-19(7-9-20)11-14-3-5-17(18)25-14/h2-5,10H,6-9,11H2,1H3/p+1. The first kappa shape index (κ1) is 17.8. The van der Waals surface area contributed by atoms with E-state index in [1.54, 1.807) is 23.5 Å². The fraction of sp³-hybridized carbons (Fsp3) is 0.353. The summed E-state index contributed by atoms with van der Waals surface area (Å²) in [6.45, 7) is 5.64. The minimum absolute atomic E-state index is 0.00110. The second kappa shape index (κ2) is 7.51. The monoisotopic (exact) mass is 380 g/mol. The minimum Gasteiger partial charge on any atom is -0.355 e. The molecule has 0 unspecified atom stereocenters. The van der Waals surface area contributed by atoms with Crippen molar-refractivity contribution in [2.75, 3.05) is 31.1 Å². The molecule has 0 bridgehead atoms. The summed E-state index contributed by atoms with van der Waals surface area (Å²) in [4.78, 5) is 27.2. The molecule has 2 aromatic rings. The molecule has 1 fully saturated rings. The molecular weight excluding hydrogens is 362 g/mol. The van der Waals surface area contributed by atoms with Gasteiger partial charge in [0.2, 0.25) is 0 Å². The van der Waals surface area contributed by atoms with E-state index in [0.29, 0.717) is 11.3 Å². The first-order chi connectivity index (χ1) is 11.9. The molecular formula is C17H19ClN3O3S+. The van der Waals surface area contributed by atoms with Crippen molar-refractivity contribution in [3.63, 3.8) is 0 Å². The first-order valence-corrected chi connectivity index (χ1v) is 9.25. The fourth-order valence-corrected chi connectivity index (χ4v) is 4.25. The highest BCUT2D eigenvalue weighted by Crippen LogP contribution is 2.29. The van der Waals surface area contributed by atoms with Crippen LogP contribution in [0.25, 0.3) is 0 Å². The third kappa shape index (κ3) is 4.18. The largest absolute Gasteiger partial charge is 0.355 e. The van der Waals surface area contributed by atoms with E-state index in [-0.39, 0.29) is 11.5 Å². The van der Waals surface area contributed by atoms with Crippen LogP contribution in [0.4, 0.5) is 11.4 Å². The van der Waals surface area contributed by atoms with Gasteiger partial charge in [-0.2, -0.15) is 0 Å². The summed E-state index contributed by atoms with van der Waals surface area (Å²) >= 11 is 7.58. The molecule has 0 atom stereocenters. The van der Waals surface area contributed by atoms with Crippen LogP contribution >= 0.6 is 22.9 Å². The number of halogens is 1. The van der Waals surface area contributed by atoms with Crippen molar-refractivity contribution >= 4 is 40.1 Å². The lowest BCUT2D eigenvalue weighted by atomic mass is 10.1. The Morgan fingerprint density at radius 2 is 2.04 bits per heavy atom. The first-order valence-electron chi connectivity index (χ1n) is 8.06. The molecule has 1 aromatic carbocycles. The number of piperazine rings is 1. The molecule has 0 saturated carbocycles. The maximum absolute atomic E-state index is 11.5. The SMILES string of the molecule is CC(=O)c1ccc(N2CC[NH+](Cc3ccc(Cl)s3)CC2)c([N+](=O)[O-])c1. The van der Waals surface area contributed by atoms with E-state index in [1.165, 1.54) is 22.8 Å². The Labute approximate surface area is 154 Å². The number of benzene rings is 1. The van der Waals surface area contributed by atoms with Crippen molar-refractivity contribution < 1.29 is 14.6 Å². The second-order valence-corrected chi connectivity index (χ2v) is 7.94. The number of nitrogens with zero attached hydrogens (tertiary/aromatic N) is 2. The summed E-state index contributed by atoms with van der Waals surface area (Å²) in [6, 6.07) is 8.70. The molecule has 3 rings (SSSR count). The lowest BCUT2D eigenvalue weighted by Gasteiger charge is -2.33. The van der Waals surface area contributed by atoms with Crippen molar-refractivity contribution in [1.29, 1.82) is 0 Å². The number of rotatable bonds is 5. The number of carbonyl (C=O) groups is 1. The van der Waals surface area contributed by atoms with Crippen molar-refractivity contribution in [3.05, 3.63) is 55.2 Å². The third-order valence-corrected chi connectivity index (χ3v) is 5.67. The number of hydrogen-bond acceptors (Lipinski definition) is 5. The van der Waals surface area contributed by atoms with Crippen molar-refractivity contribution in [1.82, 2.24) is 0 Å². The summed E-state index contributed by atoms with van der Waals surface area (Å²) in [7, 11) is 0. The molecule has 6 nitrogen and oxygen atoms in total. The Bertz CT molecular complexity index is 800. The van der Waals surface area contributed by atoms with Gasteiger partial charge in [-0.25, -0.2) is 0 Å². The van der Waals surface area contributed by atoms with Crippen LogP contribution < -0.4 is 9.80 Å². The smallest absolute Gasteiger partial charge is 0.293 e. The van der Waals surface area contributed by atoms with Gasteiger partial charge in [-0.05, 0) is 31.2 Å². The van der Waals surface area contributed by atoms with E-state index in [4.69, 9.17) is 11.6 Å². The van der Waals surface area contributed by atoms with Gasteiger partial charge in [-0.3, -0.25) is 14.9 Å². The Kier molecular flexibility index (Phi) is 5.36. The molecule has 0 aliphatic carbocycles. The molecule has 0 radical (unpaired) electrons. The van der Waals surface area contributed by atoms with Crippen molar-refractivity contribution in [2.24, 2.45) is 0 Å². The maximum atomic E-state index is 11.5. The number of nitro groups is 1. The Hall–Kier alpha value is -1.96. The van der Waals surface area contributed by atoms with E-state index >= 15 is 0 Å². The molecule has 25 heavy (non-hydrogen) atoms. The van der Waals surface area contributed by atoms with Crippen LogP contribution in [0.5, 0.6) is 0 Å². The predicted octanol–water partition coefficient (Wildman–Crippen LogP) is 2.42. The number of nitro benzene ring substituents is 1. The quantitative estimate of drug-likeness (QED) is 0.491. The van der Waals surface area contributed by atoms with Crippen LogP contribution in [-0.2, 0) is 6.54 Å². The van der Waals surface area contributed by atoms with Crippen molar-refractivity contribution in [2.45, 2.75) is 13.5 Å². The molecule has 1 N–H and O–H groups in total. The summed E-state index contributed by atoms with van der Waals surface area (Å²) in [5, 5.41) is 11.4. The highest BCUT2D eigenvalue weighted by Gasteiger charge is 2.26. The van der Waals surface area contributed by atoms with Crippen LogP contribution in [0, 0.1) is 10.1 Å². The Morgan fingerprint density at radius 3 is 2.60 bits per heavy atom. The summed E-state index contributed by atoms with van der Waals surface area (Å²) in [6.07, 6.45) is 0. The van der Waals surface area contributed by atoms with Gasteiger partial charge in [0, 0.05) is 11.6 Å². The average molecular weight is 381 g/mol. The van der Waals surface area contributed by atoms with Gasteiger partial charge >= 0.3 is 0 Å². The van der Waals surface area contributed by atoms with Gasteiger partial charge < -0.3 is 9.80 Å². The van der Waals surface area contributed by atoms with Gasteiger partial charge in [0.05, 0.1) is 40.3 Å². The van der Waals surface area contributed by atoms with Gasteiger partial charge in [0.25, 0.3) is 5.69 Å². The van der Waals surface area contributed by atoms with E-state index < -0.39 is 4.92 Å². The fourth-order valence-electron chi connectivity index (χ4n) is 3.09. The zero-order chi connectivity index (χ0) is 18.0. The maximum Gasteiger partial charge on any atom is 0.293 e. The number of thiophene rings is 1. The normalized spacial score (nSPS) is 15.4. The molecule has 0 amide bonds. The van der Waals surface area contributed by atoms with Crippen LogP contribution in [0.15, 0.2) is 30.3 Å². The molecule has 1 aromatic heterocycles. The number of anilines is 1. The highest BCUT2D eigenvalue weighted by molar-refractivity contribution is 7.16. The molecule has 0 spiro atoms. The lowest BCUT2D eigenvalue weighted by molar-refractivity contribution is -0.914. The van der Waals surface area contributed by atoms with E-state index in [0.717, 1.165) is 37.1 Å². The van der Waals surface area contributed by atoms with Gasteiger partial charge in [-0.15, -0.1) is 11.3 Å². The zero-order valence-electron chi connectivity index (χ0n) is 13.8. The second-order valence-electron chi connectivity index (χ2n) is 6.14. The number of carbonyl (C=O) groups excluding carboxylic acids is 1. The van der Waals surface area contributed by atoms with E-state index in [1.807, 2.05) is 11.0 Å². The number of nitrogens with one attached hydrogen (secondary N) is 1. The molecule has 1 aliphatic heterocycles. The summed E-state index contributed by atoms with van der Waals surface area (Å²) in [5.74, 6) is -0.168. The Morgan fingerprint density at radius 1 is 1.32 bits per heavy atom. The molecule has 1 aliphatic rings. The van der Waals surface area contributed by atoms with Crippen LogP contribution in [-0.4, -0.2) is 36.9 Å². The molecule has 1 saturated heterocycles. The number of ketones is 1. The predicted molar refractivity (Wildman–Crippen MR) is 99.0 cm³/mol. The Balaban J connectivity index is 1.70. The zero-order valence-corrected chi connectivity index (χ0v) is 15.4. The lowest BCUT2D eigenvalue weighted by Crippen LogP contribution is -3.13. The number of quaternary nitrogens is 1. The van der Waals surface area contributed by atoms with Crippen LogP contribution in [0.1, 0.15) is 22.2 Å². The third-order valence-electron chi connectivity index (χ3n) is 4.44. The topological polar surface area (TPSA) is 67.9 Å². The number of Topliss-reactive ketones (excluding diaryl/α,β-unsaturated/α-hetero) is 1.